The number of methoxy groups -OCH3 is 1. The number of rotatable bonds is 4. The van der Waals surface area contributed by atoms with Gasteiger partial charge in [0.2, 0.25) is 5.43 Å². The number of nitrogens with two attached hydrogens (primary N) is 2. The molecule has 4 rings (SSSR count). The molecule has 8 nitrogen and oxygen atoms in total. The molecule has 2 fully saturated rings. The third-order valence-electron chi connectivity index (χ3n) is 5.76. The summed E-state index contributed by atoms with van der Waals surface area (Å²) in [5, 5.41) is 9.34. The molecule has 1 aromatic heterocycles. The number of benzene rings is 1. The Morgan fingerprint density at radius 2 is 2.04 bits per heavy atom. The molecule has 2 heterocycles. The van der Waals surface area contributed by atoms with E-state index in [4.69, 9.17) is 16.2 Å². The smallest absolute Gasteiger partial charge is 0.341 e. The molecular weight excluding hydrogens is 367 g/mol. The van der Waals surface area contributed by atoms with Gasteiger partial charge in [0.15, 0.2) is 5.82 Å². The molecular formula is C19H23FN4O4. The van der Waals surface area contributed by atoms with Crippen LogP contribution in [0.4, 0.5) is 15.8 Å². The van der Waals surface area contributed by atoms with Gasteiger partial charge in [-0.2, -0.15) is 0 Å². The maximum absolute atomic E-state index is 15.3. The Hall–Kier alpha value is -2.65. The highest BCUT2D eigenvalue weighted by Gasteiger charge is 2.35. The number of aromatic nitrogens is 1. The number of halogens is 1. The Balaban J connectivity index is 2.03. The summed E-state index contributed by atoms with van der Waals surface area (Å²) in [5.74, 6) is -2.08. The molecule has 9 heteroatoms. The van der Waals surface area contributed by atoms with E-state index in [9.17, 15) is 14.7 Å². The van der Waals surface area contributed by atoms with Crippen molar-refractivity contribution in [3.05, 3.63) is 33.4 Å². The molecule has 5 N–H and O–H groups in total. The summed E-state index contributed by atoms with van der Waals surface area (Å²) in [6, 6.07) is -0.203. The average molecular weight is 390 g/mol. The van der Waals surface area contributed by atoms with Crippen LogP contribution >= 0.6 is 0 Å². The van der Waals surface area contributed by atoms with E-state index in [0.29, 0.717) is 24.2 Å². The second-order valence-corrected chi connectivity index (χ2v) is 7.58. The number of hydrogen-bond acceptors (Lipinski definition) is 6. The normalized spacial score (nSPS) is 22.2. The second-order valence-electron chi connectivity index (χ2n) is 7.58. The van der Waals surface area contributed by atoms with Gasteiger partial charge in [0.25, 0.3) is 0 Å². The number of carbonyl (C=O) groups is 1. The first kappa shape index (κ1) is 18.7. The molecule has 1 saturated carbocycles. The maximum atomic E-state index is 15.3. The molecule has 1 saturated heterocycles. The first-order valence-corrected chi connectivity index (χ1v) is 9.19. The predicted molar refractivity (Wildman–Crippen MR) is 104 cm³/mol. The fourth-order valence-corrected chi connectivity index (χ4v) is 4.18. The van der Waals surface area contributed by atoms with Crippen LogP contribution < -0.4 is 21.8 Å². The Labute approximate surface area is 160 Å². The quantitative estimate of drug-likeness (QED) is 0.671. The molecule has 2 aromatic rings. The van der Waals surface area contributed by atoms with Gasteiger partial charge in [-0.15, -0.1) is 0 Å². The SMILES string of the molecule is CO[C@H]1CN(c2c(F)c(N)c3c(=O)c(C(=O)O)cn(C4CC4)c3c2C)C[C@H]1N. The van der Waals surface area contributed by atoms with Crippen molar-refractivity contribution in [2.24, 2.45) is 5.73 Å². The zero-order chi connectivity index (χ0) is 20.3. The molecule has 150 valence electrons. The van der Waals surface area contributed by atoms with Gasteiger partial charge in [-0.1, -0.05) is 0 Å². The molecule has 0 spiro atoms. The van der Waals surface area contributed by atoms with E-state index in [1.807, 2.05) is 0 Å². The van der Waals surface area contributed by atoms with E-state index in [1.54, 1.807) is 23.5 Å². The van der Waals surface area contributed by atoms with Gasteiger partial charge in [0.1, 0.15) is 5.56 Å². The van der Waals surface area contributed by atoms with E-state index in [1.165, 1.54) is 6.20 Å². The van der Waals surface area contributed by atoms with Gasteiger partial charge in [0.05, 0.1) is 34.4 Å². The molecule has 1 aliphatic heterocycles. The highest BCUT2D eigenvalue weighted by Crippen LogP contribution is 2.42. The van der Waals surface area contributed by atoms with Crippen LogP contribution in [0.1, 0.15) is 34.8 Å². The molecule has 0 radical (unpaired) electrons. The summed E-state index contributed by atoms with van der Waals surface area (Å²) < 4.78 is 22.4. The Bertz CT molecular complexity index is 1050. The second kappa shape index (κ2) is 6.46. The van der Waals surface area contributed by atoms with Gasteiger partial charge in [-0.3, -0.25) is 4.79 Å². The number of hydrogen-bond donors (Lipinski definition) is 3. The standard InChI is InChI=1S/C19H23FN4O4/c1-8-16-13(18(25)10(19(26)27)5-24(16)9-3-4-9)15(22)14(20)17(8)23-6-11(21)12(7-23)28-2/h5,9,11-12H,3-4,6-7,21-22H2,1-2H3,(H,26,27)/t11-,12+/m1/s1. The lowest BCUT2D eigenvalue weighted by molar-refractivity contribution is 0.0695. The van der Waals surface area contributed by atoms with Gasteiger partial charge < -0.3 is 30.8 Å². The van der Waals surface area contributed by atoms with Crippen molar-refractivity contribution in [1.82, 2.24) is 4.57 Å². The van der Waals surface area contributed by atoms with Gasteiger partial charge in [0, 0.05) is 32.4 Å². The summed E-state index contributed by atoms with van der Waals surface area (Å²) in [6.45, 7) is 2.52. The molecule has 1 aliphatic carbocycles. The summed E-state index contributed by atoms with van der Waals surface area (Å²) in [7, 11) is 1.56. The molecule has 0 unspecified atom stereocenters. The van der Waals surface area contributed by atoms with Crippen molar-refractivity contribution >= 4 is 28.2 Å². The highest BCUT2D eigenvalue weighted by atomic mass is 19.1. The highest BCUT2D eigenvalue weighted by molar-refractivity contribution is 6.01. The number of anilines is 2. The van der Waals surface area contributed by atoms with Crippen LogP contribution in [0.3, 0.4) is 0 Å². The van der Waals surface area contributed by atoms with Crippen LogP contribution in [0.2, 0.25) is 0 Å². The van der Waals surface area contributed by atoms with Crippen LogP contribution in [0.15, 0.2) is 11.0 Å². The van der Waals surface area contributed by atoms with E-state index in [-0.39, 0.29) is 34.9 Å². The maximum Gasteiger partial charge on any atom is 0.341 e. The minimum atomic E-state index is -1.35. The topological polar surface area (TPSA) is 124 Å². The number of aromatic carboxylic acids is 1. The Morgan fingerprint density at radius 3 is 2.57 bits per heavy atom. The van der Waals surface area contributed by atoms with E-state index in [0.717, 1.165) is 12.8 Å². The Morgan fingerprint density at radius 1 is 1.36 bits per heavy atom. The van der Waals surface area contributed by atoms with E-state index in [2.05, 4.69) is 0 Å². The van der Waals surface area contributed by atoms with Crippen LogP contribution in [0.5, 0.6) is 0 Å². The number of nitrogens with zero attached hydrogens (tertiary/aromatic N) is 2. The summed E-state index contributed by atoms with van der Waals surface area (Å²) in [5.41, 5.74) is 12.0. The molecule has 28 heavy (non-hydrogen) atoms. The lowest BCUT2D eigenvalue weighted by atomic mass is 10.0. The lowest BCUT2D eigenvalue weighted by Gasteiger charge is -2.25. The fourth-order valence-electron chi connectivity index (χ4n) is 4.18. The van der Waals surface area contributed by atoms with Crippen molar-refractivity contribution in [3.8, 4) is 0 Å². The molecule has 1 aromatic carbocycles. The minimum Gasteiger partial charge on any atom is -0.477 e. The number of fused-ring (bicyclic) bond motifs is 1. The van der Waals surface area contributed by atoms with Crippen molar-refractivity contribution in [2.75, 3.05) is 30.8 Å². The first-order valence-electron chi connectivity index (χ1n) is 9.19. The predicted octanol–water partition coefficient (Wildman–Crippen LogP) is 1.23. The third kappa shape index (κ3) is 2.65. The van der Waals surface area contributed by atoms with Gasteiger partial charge in [-0.25, -0.2) is 9.18 Å². The van der Waals surface area contributed by atoms with Crippen LogP contribution in [0, 0.1) is 12.7 Å². The molecule has 0 amide bonds. The lowest BCUT2D eigenvalue weighted by Crippen LogP contribution is -2.34. The number of ether oxygens (including phenoxy) is 1. The van der Waals surface area contributed by atoms with Gasteiger partial charge >= 0.3 is 5.97 Å². The van der Waals surface area contributed by atoms with Crippen molar-refractivity contribution in [3.63, 3.8) is 0 Å². The minimum absolute atomic E-state index is 0.0719. The third-order valence-corrected chi connectivity index (χ3v) is 5.76. The molecule has 2 atom stereocenters. The molecule has 0 bridgehead atoms. The van der Waals surface area contributed by atoms with E-state index < -0.39 is 22.8 Å². The van der Waals surface area contributed by atoms with Crippen molar-refractivity contribution in [2.45, 2.75) is 38.0 Å². The van der Waals surface area contributed by atoms with Crippen LogP contribution in [-0.4, -0.2) is 48.0 Å². The zero-order valence-corrected chi connectivity index (χ0v) is 15.7. The number of nitrogen functional groups attached to an aromatic ring is 1. The fraction of sp³-hybridized carbons (Fsp3) is 0.474. The van der Waals surface area contributed by atoms with Crippen LogP contribution in [-0.2, 0) is 4.74 Å². The van der Waals surface area contributed by atoms with Crippen molar-refractivity contribution in [1.29, 1.82) is 0 Å². The largest absolute Gasteiger partial charge is 0.477 e. The monoisotopic (exact) mass is 390 g/mol. The van der Waals surface area contributed by atoms with Crippen molar-refractivity contribution < 1.29 is 19.0 Å². The zero-order valence-electron chi connectivity index (χ0n) is 15.7. The Kier molecular flexibility index (Phi) is 4.31. The average Bonchev–Trinajstić information content (AvgIpc) is 3.42. The number of aryl methyl sites for hydroxylation is 1. The van der Waals surface area contributed by atoms with Gasteiger partial charge in [-0.05, 0) is 25.3 Å². The summed E-state index contributed by atoms with van der Waals surface area (Å²) in [6.07, 6.45) is 2.84. The first-order chi connectivity index (χ1) is 13.3. The molecule has 2 aliphatic rings. The number of carboxylic acid groups (broad SMARTS) is 1. The number of pyridine rings is 1. The number of carboxylic acids is 1. The van der Waals surface area contributed by atoms with E-state index >= 15 is 4.39 Å². The summed E-state index contributed by atoms with van der Waals surface area (Å²) >= 11 is 0. The van der Waals surface area contributed by atoms with Crippen LogP contribution in [0.25, 0.3) is 10.9 Å². The summed E-state index contributed by atoms with van der Waals surface area (Å²) in [4.78, 5) is 26.1.